The standard InChI is InChI=1S/C15H18OS/c1-11(10-17-2)15(16)14-8-7-12-5-3-4-6-13(12)9-14/h3-9,11,15-16H,10H2,1-2H3. The predicted octanol–water partition coefficient (Wildman–Crippen LogP) is 3.87. The molecule has 1 nitrogen and oxygen atoms in total. The maximum Gasteiger partial charge on any atom is 0.0823 e. The fraction of sp³-hybridized carbons (Fsp3) is 0.333. The van der Waals surface area contributed by atoms with Crippen LogP contribution in [0.5, 0.6) is 0 Å². The quantitative estimate of drug-likeness (QED) is 0.883. The van der Waals surface area contributed by atoms with Crippen LogP contribution in [0.15, 0.2) is 42.5 Å². The van der Waals surface area contributed by atoms with Gasteiger partial charge in [-0.1, -0.05) is 43.3 Å². The number of thioether (sulfide) groups is 1. The Labute approximate surface area is 107 Å². The van der Waals surface area contributed by atoms with E-state index in [0.717, 1.165) is 11.3 Å². The molecule has 0 aliphatic rings. The van der Waals surface area contributed by atoms with Gasteiger partial charge in [0, 0.05) is 0 Å². The summed E-state index contributed by atoms with van der Waals surface area (Å²) >= 11 is 1.78. The van der Waals surface area contributed by atoms with Crippen LogP contribution in [0, 0.1) is 5.92 Å². The molecule has 0 amide bonds. The third-order valence-corrected chi connectivity index (χ3v) is 3.94. The Bertz CT molecular complexity index is 495. The van der Waals surface area contributed by atoms with Gasteiger partial charge in [0.25, 0.3) is 0 Å². The highest BCUT2D eigenvalue weighted by Crippen LogP contribution is 2.26. The Balaban J connectivity index is 2.29. The fourth-order valence-corrected chi connectivity index (χ4v) is 2.78. The molecular weight excluding hydrogens is 228 g/mol. The van der Waals surface area contributed by atoms with Crippen LogP contribution in [-0.4, -0.2) is 17.1 Å². The molecule has 2 rings (SSSR count). The topological polar surface area (TPSA) is 20.2 Å². The van der Waals surface area contributed by atoms with Crippen LogP contribution in [0.25, 0.3) is 10.8 Å². The van der Waals surface area contributed by atoms with E-state index in [9.17, 15) is 5.11 Å². The van der Waals surface area contributed by atoms with Gasteiger partial charge >= 0.3 is 0 Å². The molecular formula is C15H18OS. The Morgan fingerprint density at radius 3 is 2.53 bits per heavy atom. The average Bonchev–Trinajstić information content (AvgIpc) is 2.37. The minimum absolute atomic E-state index is 0.283. The van der Waals surface area contributed by atoms with Gasteiger partial charge in [-0.2, -0.15) is 11.8 Å². The lowest BCUT2D eigenvalue weighted by Crippen LogP contribution is -2.11. The molecule has 0 spiro atoms. The lowest BCUT2D eigenvalue weighted by Gasteiger charge is -2.18. The summed E-state index contributed by atoms with van der Waals surface area (Å²) in [5, 5.41) is 12.7. The molecule has 2 aromatic rings. The van der Waals surface area contributed by atoms with E-state index in [1.54, 1.807) is 11.8 Å². The molecule has 0 bridgehead atoms. The molecule has 0 saturated heterocycles. The van der Waals surface area contributed by atoms with Crippen molar-refractivity contribution in [1.82, 2.24) is 0 Å². The molecule has 0 heterocycles. The van der Waals surface area contributed by atoms with E-state index in [4.69, 9.17) is 0 Å². The zero-order valence-electron chi connectivity index (χ0n) is 10.3. The molecule has 0 aliphatic heterocycles. The van der Waals surface area contributed by atoms with E-state index in [1.165, 1.54) is 10.8 Å². The zero-order valence-corrected chi connectivity index (χ0v) is 11.1. The summed E-state index contributed by atoms with van der Waals surface area (Å²) in [5.74, 6) is 1.26. The molecule has 2 heteroatoms. The third-order valence-electron chi connectivity index (χ3n) is 3.08. The summed E-state index contributed by atoms with van der Waals surface area (Å²) in [6, 6.07) is 14.5. The van der Waals surface area contributed by atoms with Crippen molar-refractivity contribution in [1.29, 1.82) is 0 Å². The number of rotatable bonds is 4. The first-order valence-electron chi connectivity index (χ1n) is 5.88. The van der Waals surface area contributed by atoms with Gasteiger partial charge in [-0.25, -0.2) is 0 Å². The van der Waals surface area contributed by atoms with Gasteiger partial charge in [0.1, 0.15) is 0 Å². The van der Waals surface area contributed by atoms with Crippen molar-refractivity contribution in [2.75, 3.05) is 12.0 Å². The van der Waals surface area contributed by atoms with E-state index in [1.807, 2.05) is 18.2 Å². The number of hydrogen-bond acceptors (Lipinski definition) is 2. The molecule has 1 N–H and O–H groups in total. The first-order chi connectivity index (χ1) is 8.22. The van der Waals surface area contributed by atoms with Crippen molar-refractivity contribution in [2.45, 2.75) is 13.0 Å². The molecule has 0 aromatic heterocycles. The minimum Gasteiger partial charge on any atom is -0.388 e. The number of fused-ring (bicyclic) bond motifs is 1. The first-order valence-corrected chi connectivity index (χ1v) is 7.27. The maximum atomic E-state index is 10.3. The second-order valence-electron chi connectivity index (χ2n) is 4.48. The van der Waals surface area contributed by atoms with Crippen molar-refractivity contribution >= 4 is 22.5 Å². The normalized spacial score (nSPS) is 14.8. The van der Waals surface area contributed by atoms with Crippen LogP contribution >= 0.6 is 11.8 Å². The van der Waals surface area contributed by atoms with E-state index in [0.29, 0.717) is 0 Å². The van der Waals surface area contributed by atoms with Crippen LogP contribution < -0.4 is 0 Å². The molecule has 0 saturated carbocycles. The number of aliphatic hydroxyl groups is 1. The lowest BCUT2D eigenvalue weighted by atomic mass is 9.96. The maximum absolute atomic E-state index is 10.3. The van der Waals surface area contributed by atoms with Crippen molar-refractivity contribution in [3.63, 3.8) is 0 Å². The van der Waals surface area contributed by atoms with E-state index in [2.05, 4.69) is 37.4 Å². The molecule has 2 aromatic carbocycles. The Kier molecular flexibility index (Phi) is 4.08. The summed E-state index contributed by atoms with van der Waals surface area (Å²) in [4.78, 5) is 0. The molecule has 0 aliphatic carbocycles. The van der Waals surface area contributed by atoms with Gasteiger partial charge in [0.15, 0.2) is 0 Å². The van der Waals surface area contributed by atoms with Gasteiger partial charge in [0.2, 0.25) is 0 Å². The number of hydrogen-bond donors (Lipinski definition) is 1. The first kappa shape index (κ1) is 12.5. The summed E-state index contributed by atoms with van der Waals surface area (Å²) < 4.78 is 0. The van der Waals surface area contributed by atoms with Crippen LogP contribution in [0.4, 0.5) is 0 Å². The van der Waals surface area contributed by atoms with Crippen LogP contribution in [0.1, 0.15) is 18.6 Å². The summed E-state index contributed by atoms with van der Waals surface area (Å²) in [7, 11) is 0. The second-order valence-corrected chi connectivity index (χ2v) is 5.39. The van der Waals surface area contributed by atoms with E-state index < -0.39 is 0 Å². The van der Waals surface area contributed by atoms with Crippen LogP contribution in [0.3, 0.4) is 0 Å². The van der Waals surface area contributed by atoms with Crippen molar-refractivity contribution < 1.29 is 5.11 Å². The summed E-state index contributed by atoms with van der Waals surface area (Å²) in [6.07, 6.45) is 1.70. The number of aliphatic hydroxyl groups excluding tert-OH is 1. The van der Waals surface area contributed by atoms with Gasteiger partial charge in [-0.15, -0.1) is 0 Å². The summed E-state index contributed by atoms with van der Waals surface area (Å²) in [5.41, 5.74) is 1.02. The highest BCUT2D eigenvalue weighted by Gasteiger charge is 2.15. The van der Waals surface area contributed by atoms with E-state index in [-0.39, 0.29) is 12.0 Å². The monoisotopic (exact) mass is 246 g/mol. The second kappa shape index (κ2) is 5.56. The van der Waals surface area contributed by atoms with Crippen molar-refractivity contribution in [3.05, 3.63) is 48.0 Å². The average molecular weight is 246 g/mol. The Hall–Kier alpha value is -0.990. The molecule has 0 fully saturated rings. The lowest BCUT2D eigenvalue weighted by molar-refractivity contribution is 0.129. The molecule has 17 heavy (non-hydrogen) atoms. The van der Waals surface area contributed by atoms with Gasteiger partial charge in [-0.3, -0.25) is 0 Å². The fourth-order valence-electron chi connectivity index (χ4n) is 2.07. The smallest absolute Gasteiger partial charge is 0.0823 e. The molecule has 2 unspecified atom stereocenters. The van der Waals surface area contributed by atoms with Gasteiger partial charge in [-0.05, 0) is 40.3 Å². The van der Waals surface area contributed by atoms with E-state index >= 15 is 0 Å². The molecule has 90 valence electrons. The highest BCUT2D eigenvalue weighted by atomic mass is 32.2. The Morgan fingerprint density at radius 2 is 1.82 bits per heavy atom. The Morgan fingerprint density at radius 1 is 1.12 bits per heavy atom. The zero-order chi connectivity index (χ0) is 12.3. The third kappa shape index (κ3) is 2.82. The van der Waals surface area contributed by atoms with Crippen LogP contribution in [-0.2, 0) is 0 Å². The molecule has 0 radical (unpaired) electrons. The number of benzene rings is 2. The largest absolute Gasteiger partial charge is 0.388 e. The van der Waals surface area contributed by atoms with Crippen molar-refractivity contribution in [3.8, 4) is 0 Å². The highest BCUT2D eigenvalue weighted by molar-refractivity contribution is 7.98. The minimum atomic E-state index is -0.368. The summed E-state index contributed by atoms with van der Waals surface area (Å²) in [6.45, 7) is 2.09. The SMILES string of the molecule is CSCC(C)C(O)c1ccc2ccccc2c1. The van der Waals surface area contributed by atoms with Crippen LogP contribution in [0.2, 0.25) is 0 Å². The van der Waals surface area contributed by atoms with Crippen molar-refractivity contribution in [2.24, 2.45) is 5.92 Å². The molecule has 2 atom stereocenters. The predicted molar refractivity (Wildman–Crippen MR) is 76.5 cm³/mol. The van der Waals surface area contributed by atoms with Gasteiger partial charge in [0.05, 0.1) is 6.10 Å². The van der Waals surface area contributed by atoms with Gasteiger partial charge < -0.3 is 5.11 Å².